The first-order chi connectivity index (χ1) is 20.2. The maximum atomic E-state index is 14.5. The van der Waals surface area contributed by atoms with E-state index in [0.29, 0.717) is 54.7 Å². The molecule has 4 aromatic rings. The van der Waals surface area contributed by atoms with Crippen molar-refractivity contribution in [2.45, 2.75) is 13.1 Å². The molecule has 2 fully saturated rings. The Bertz CT molecular complexity index is 1650. The fourth-order valence-corrected chi connectivity index (χ4v) is 6.35. The Labute approximate surface area is 237 Å². The molecule has 5 heterocycles. The topological polar surface area (TPSA) is 88.8 Å². The molecule has 0 amide bonds. The minimum absolute atomic E-state index is 0.0260. The Balaban J connectivity index is 1.47. The van der Waals surface area contributed by atoms with Crippen LogP contribution in [-0.4, -0.2) is 106 Å². The van der Waals surface area contributed by atoms with E-state index in [-0.39, 0.29) is 12.4 Å². The third-order valence-electron chi connectivity index (χ3n) is 8.55. The standard InChI is InChI=1S/C30H36N4O7/c1-36-24-16-21-23(17-25(24)37-2)34(6-4-32-9-13-39-14-10-32)30(35)28-20-15-26-27(41-19-40-26)18-22(20)33(29(21)28)5-3-31-7-11-38-12-8-31/h15-18H,3-14,19H2,1-2H3. The number of nitrogens with zero attached hydrogens (tertiary/aromatic N) is 4. The molecular formula is C30H36N4O7. The van der Waals surface area contributed by atoms with Crippen molar-refractivity contribution in [3.05, 3.63) is 34.6 Å². The average Bonchev–Trinajstić information content (AvgIpc) is 3.61. The van der Waals surface area contributed by atoms with Gasteiger partial charge in [0.25, 0.3) is 5.56 Å². The van der Waals surface area contributed by atoms with E-state index in [1.54, 1.807) is 14.2 Å². The number of hydrogen-bond donors (Lipinski definition) is 0. The summed E-state index contributed by atoms with van der Waals surface area (Å²) in [6.45, 7) is 9.42. The highest BCUT2D eigenvalue weighted by Gasteiger charge is 2.26. The van der Waals surface area contributed by atoms with Gasteiger partial charge in [0.05, 0.1) is 62.6 Å². The lowest BCUT2D eigenvalue weighted by Gasteiger charge is -2.27. The fraction of sp³-hybridized carbons (Fsp3) is 0.500. The molecule has 0 bridgehead atoms. The molecule has 7 rings (SSSR count). The SMILES string of the molecule is COc1cc2c(cc1OC)n(CCN1CCOCC1)c(=O)c1c3cc4c(cc3n(CCN3CCOCC3)c21)OCO4. The van der Waals surface area contributed by atoms with Gasteiger partial charge in [-0.15, -0.1) is 0 Å². The van der Waals surface area contributed by atoms with Crippen molar-refractivity contribution >= 4 is 32.7 Å². The second-order valence-electron chi connectivity index (χ2n) is 10.7. The highest BCUT2D eigenvalue weighted by molar-refractivity contribution is 6.17. The van der Waals surface area contributed by atoms with Crippen LogP contribution in [-0.2, 0) is 22.6 Å². The largest absolute Gasteiger partial charge is 0.493 e. The van der Waals surface area contributed by atoms with Crippen LogP contribution in [0, 0.1) is 0 Å². The van der Waals surface area contributed by atoms with Gasteiger partial charge in [-0.2, -0.15) is 0 Å². The van der Waals surface area contributed by atoms with E-state index in [2.05, 4.69) is 14.4 Å². The number of benzene rings is 2. The average molecular weight is 565 g/mol. The molecule has 0 saturated carbocycles. The summed E-state index contributed by atoms with van der Waals surface area (Å²) in [6, 6.07) is 7.92. The van der Waals surface area contributed by atoms with Gasteiger partial charge < -0.3 is 37.6 Å². The molecule has 0 N–H and O–H groups in total. The van der Waals surface area contributed by atoms with Crippen LogP contribution in [0.3, 0.4) is 0 Å². The summed E-state index contributed by atoms with van der Waals surface area (Å²) >= 11 is 0. The van der Waals surface area contributed by atoms with E-state index in [4.69, 9.17) is 28.4 Å². The summed E-state index contributed by atoms with van der Waals surface area (Å²) in [5.41, 5.74) is 2.64. The first-order valence-electron chi connectivity index (χ1n) is 14.3. The van der Waals surface area contributed by atoms with Gasteiger partial charge in [-0.1, -0.05) is 0 Å². The van der Waals surface area contributed by atoms with Crippen LogP contribution in [0.1, 0.15) is 0 Å². The van der Waals surface area contributed by atoms with Gasteiger partial charge in [0.2, 0.25) is 6.79 Å². The van der Waals surface area contributed by atoms with Crippen molar-refractivity contribution in [1.82, 2.24) is 18.9 Å². The Morgan fingerprint density at radius 3 is 1.88 bits per heavy atom. The summed E-state index contributed by atoms with van der Waals surface area (Å²) < 4.78 is 38.2. The van der Waals surface area contributed by atoms with Gasteiger partial charge in [-0.25, -0.2) is 0 Å². The number of methoxy groups -OCH3 is 2. The van der Waals surface area contributed by atoms with Crippen LogP contribution < -0.4 is 24.5 Å². The normalized spacial score (nSPS) is 18.1. The van der Waals surface area contributed by atoms with Gasteiger partial charge in [0, 0.05) is 75.3 Å². The van der Waals surface area contributed by atoms with Crippen molar-refractivity contribution < 1.29 is 28.4 Å². The van der Waals surface area contributed by atoms with Crippen LogP contribution in [0.15, 0.2) is 29.1 Å². The number of morpholine rings is 2. The summed E-state index contributed by atoms with van der Waals surface area (Å²) in [5.74, 6) is 2.58. The number of aromatic nitrogens is 2. The molecule has 2 aromatic heterocycles. The lowest BCUT2D eigenvalue weighted by atomic mass is 10.1. The predicted octanol–water partition coefficient (Wildman–Crippen LogP) is 2.52. The predicted molar refractivity (Wildman–Crippen MR) is 155 cm³/mol. The Kier molecular flexibility index (Phi) is 7.11. The van der Waals surface area contributed by atoms with Crippen LogP contribution >= 0.6 is 0 Å². The quantitative estimate of drug-likeness (QED) is 0.320. The third kappa shape index (κ3) is 4.66. The molecule has 0 radical (unpaired) electrons. The van der Waals surface area contributed by atoms with Crippen molar-refractivity contribution in [2.75, 3.05) is 86.7 Å². The van der Waals surface area contributed by atoms with Crippen molar-refractivity contribution in [3.63, 3.8) is 0 Å². The first-order valence-corrected chi connectivity index (χ1v) is 14.3. The maximum absolute atomic E-state index is 14.5. The second-order valence-corrected chi connectivity index (χ2v) is 10.7. The van der Waals surface area contributed by atoms with E-state index in [1.165, 1.54) is 0 Å². The number of hydrogen-bond acceptors (Lipinski definition) is 9. The van der Waals surface area contributed by atoms with Gasteiger partial charge in [0.15, 0.2) is 23.0 Å². The lowest BCUT2D eigenvalue weighted by molar-refractivity contribution is 0.0364. The van der Waals surface area contributed by atoms with Crippen LogP contribution in [0.5, 0.6) is 23.0 Å². The van der Waals surface area contributed by atoms with E-state index >= 15 is 0 Å². The van der Waals surface area contributed by atoms with E-state index in [9.17, 15) is 4.79 Å². The summed E-state index contributed by atoms with van der Waals surface area (Å²) in [6.07, 6.45) is 0. The molecule has 3 aliphatic heterocycles. The van der Waals surface area contributed by atoms with Crippen molar-refractivity contribution in [2.24, 2.45) is 0 Å². The molecule has 218 valence electrons. The third-order valence-corrected chi connectivity index (χ3v) is 8.55. The zero-order valence-electron chi connectivity index (χ0n) is 23.6. The van der Waals surface area contributed by atoms with E-state index in [1.807, 2.05) is 28.8 Å². The minimum Gasteiger partial charge on any atom is -0.493 e. The van der Waals surface area contributed by atoms with Crippen molar-refractivity contribution in [1.29, 1.82) is 0 Å². The molecule has 41 heavy (non-hydrogen) atoms. The minimum atomic E-state index is -0.0260. The summed E-state index contributed by atoms with van der Waals surface area (Å²) in [5, 5.41) is 2.49. The van der Waals surface area contributed by atoms with E-state index in [0.717, 1.165) is 79.8 Å². The summed E-state index contributed by atoms with van der Waals surface area (Å²) in [4.78, 5) is 19.3. The molecule has 2 saturated heterocycles. The van der Waals surface area contributed by atoms with Crippen molar-refractivity contribution in [3.8, 4) is 23.0 Å². The Morgan fingerprint density at radius 2 is 1.24 bits per heavy atom. The smallest absolute Gasteiger partial charge is 0.261 e. The lowest BCUT2D eigenvalue weighted by Crippen LogP contribution is -2.39. The van der Waals surface area contributed by atoms with Gasteiger partial charge in [0.1, 0.15) is 0 Å². The van der Waals surface area contributed by atoms with Crippen LogP contribution in [0.4, 0.5) is 0 Å². The highest BCUT2D eigenvalue weighted by Crippen LogP contribution is 2.42. The second kappa shape index (κ2) is 11.1. The molecule has 2 aromatic carbocycles. The van der Waals surface area contributed by atoms with Crippen LogP contribution in [0.2, 0.25) is 0 Å². The molecule has 11 nitrogen and oxygen atoms in total. The Morgan fingerprint density at radius 1 is 0.683 bits per heavy atom. The van der Waals surface area contributed by atoms with E-state index < -0.39 is 0 Å². The Hall–Kier alpha value is -3.51. The van der Waals surface area contributed by atoms with Gasteiger partial charge in [-0.3, -0.25) is 14.6 Å². The number of rotatable bonds is 8. The zero-order chi connectivity index (χ0) is 27.9. The zero-order valence-corrected chi connectivity index (χ0v) is 23.6. The fourth-order valence-electron chi connectivity index (χ4n) is 6.35. The molecule has 0 spiro atoms. The first kappa shape index (κ1) is 26.4. The van der Waals surface area contributed by atoms with Gasteiger partial charge in [-0.05, 0) is 12.1 Å². The molecular weight excluding hydrogens is 528 g/mol. The highest BCUT2D eigenvalue weighted by atomic mass is 16.7. The van der Waals surface area contributed by atoms with Gasteiger partial charge >= 0.3 is 0 Å². The molecule has 11 heteroatoms. The molecule has 0 unspecified atom stereocenters. The summed E-state index contributed by atoms with van der Waals surface area (Å²) in [7, 11) is 3.27. The number of fused-ring (bicyclic) bond motifs is 6. The number of pyridine rings is 1. The molecule has 0 atom stereocenters. The van der Waals surface area contributed by atoms with Crippen LogP contribution in [0.25, 0.3) is 32.7 Å². The number of ether oxygens (including phenoxy) is 6. The molecule has 0 aliphatic carbocycles. The molecule has 3 aliphatic rings. The maximum Gasteiger partial charge on any atom is 0.261 e. The monoisotopic (exact) mass is 564 g/mol.